The minimum Gasteiger partial charge on any atom is -0.394 e. The molecule has 1 aliphatic rings. The van der Waals surface area contributed by atoms with Crippen LogP contribution >= 0.6 is 0 Å². The number of nitrogens with one attached hydrogen (secondary N) is 1. The van der Waals surface area contributed by atoms with E-state index in [-0.39, 0.29) is 12.1 Å². The molecule has 1 aliphatic carbocycles. The third kappa shape index (κ3) is 2.80. The van der Waals surface area contributed by atoms with Crippen molar-refractivity contribution in [3.8, 4) is 0 Å². The predicted octanol–water partition coefficient (Wildman–Crippen LogP) is 1.52. The summed E-state index contributed by atoms with van der Waals surface area (Å²) < 4.78 is 0. The Morgan fingerprint density at radius 1 is 1.31 bits per heavy atom. The van der Waals surface area contributed by atoms with E-state index in [0.29, 0.717) is 0 Å². The van der Waals surface area contributed by atoms with Crippen molar-refractivity contribution in [1.29, 1.82) is 0 Å². The highest BCUT2D eigenvalue weighted by molar-refractivity contribution is 5.04. The van der Waals surface area contributed by atoms with Crippen molar-refractivity contribution in [2.45, 2.75) is 37.6 Å². The van der Waals surface area contributed by atoms with Crippen LogP contribution in [0.3, 0.4) is 0 Å². The lowest BCUT2D eigenvalue weighted by Crippen LogP contribution is -2.46. The molecule has 16 heavy (non-hydrogen) atoms. The topological polar surface area (TPSA) is 45.1 Å². The molecular weight excluding hydrogens is 200 g/mol. The molecule has 0 saturated heterocycles. The molecule has 0 radical (unpaired) electrons. The first-order valence-electron chi connectivity index (χ1n) is 6.10. The molecule has 0 spiro atoms. The van der Waals surface area contributed by atoms with Gasteiger partial charge in [-0.25, -0.2) is 0 Å². The summed E-state index contributed by atoms with van der Waals surface area (Å²) in [7, 11) is 0. The van der Waals surface area contributed by atoms with Crippen LogP contribution in [-0.4, -0.2) is 28.8 Å². The van der Waals surface area contributed by atoms with E-state index in [1.54, 1.807) is 0 Å². The van der Waals surface area contributed by atoms with Crippen molar-refractivity contribution in [2.75, 3.05) is 13.2 Å². The lowest BCUT2D eigenvalue weighted by Gasteiger charge is -2.28. The third-order valence-corrected chi connectivity index (χ3v) is 3.47. The van der Waals surface area contributed by atoms with Gasteiger partial charge in [-0.3, -0.25) is 4.98 Å². The number of aliphatic hydroxyl groups is 1. The number of hydrogen-bond acceptors (Lipinski definition) is 3. The van der Waals surface area contributed by atoms with Gasteiger partial charge in [-0.15, -0.1) is 0 Å². The van der Waals surface area contributed by atoms with Crippen LogP contribution in [0.5, 0.6) is 0 Å². The quantitative estimate of drug-likeness (QED) is 0.791. The molecule has 3 heteroatoms. The number of hydrogen-bond donors (Lipinski definition) is 2. The summed E-state index contributed by atoms with van der Waals surface area (Å²) in [5, 5.41) is 12.9. The first-order chi connectivity index (χ1) is 7.85. The van der Waals surface area contributed by atoms with E-state index in [1.165, 1.54) is 12.8 Å². The largest absolute Gasteiger partial charge is 0.394 e. The Morgan fingerprint density at radius 2 is 2.12 bits per heavy atom. The molecule has 0 atom stereocenters. The summed E-state index contributed by atoms with van der Waals surface area (Å²) in [6.45, 7) is 1.16. The van der Waals surface area contributed by atoms with Gasteiger partial charge in [0.05, 0.1) is 6.61 Å². The Morgan fingerprint density at radius 3 is 2.75 bits per heavy atom. The minimum atomic E-state index is -0.00518. The molecule has 2 N–H and O–H groups in total. The Labute approximate surface area is 96.9 Å². The number of nitrogens with zero attached hydrogens (tertiary/aromatic N) is 1. The number of rotatable bonds is 5. The smallest absolute Gasteiger partial charge is 0.0613 e. The fourth-order valence-corrected chi connectivity index (χ4v) is 2.44. The Bertz CT molecular complexity index is 307. The molecule has 1 heterocycles. The van der Waals surface area contributed by atoms with Gasteiger partial charge >= 0.3 is 0 Å². The average molecular weight is 220 g/mol. The van der Waals surface area contributed by atoms with E-state index in [2.05, 4.69) is 10.3 Å². The fraction of sp³-hybridized carbons (Fsp3) is 0.615. The van der Waals surface area contributed by atoms with Gasteiger partial charge < -0.3 is 10.4 Å². The van der Waals surface area contributed by atoms with Gasteiger partial charge in [0.25, 0.3) is 0 Å². The minimum absolute atomic E-state index is 0.00518. The van der Waals surface area contributed by atoms with E-state index in [9.17, 15) is 5.11 Å². The number of aliphatic hydroxyl groups excluding tert-OH is 1. The van der Waals surface area contributed by atoms with Crippen LogP contribution in [-0.2, 0) is 6.42 Å². The molecule has 3 nitrogen and oxygen atoms in total. The van der Waals surface area contributed by atoms with Crippen molar-refractivity contribution in [3.05, 3.63) is 30.1 Å². The Kier molecular flexibility index (Phi) is 3.91. The van der Waals surface area contributed by atoms with Gasteiger partial charge in [-0.05, 0) is 25.0 Å². The van der Waals surface area contributed by atoms with Crippen molar-refractivity contribution >= 4 is 0 Å². The molecule has 0 unspecified atom stereocenters. The van der Waals surface area contributed by atoms with Gasteiger partial charge in [0, 0.05) is 30.4 Å². The lowest BCUT2D eigenvalue weighted by atomic mass is 9.99. The Hall–Kier alpha value is -0.930. The van der Waals surface area contributed by atoms with Gasteiger partial charge in [0.1, 0.15) is 0 Å². The summed E-state index contributed by atoms with van der Waals surface area (Å²) in [4.78, 5) is 4.29. The van der Waals surface area contributed by atoms with Crippen LogP contribution in [0.2, 0.25) is 0 Å². The van der Waals surface area contributed by atoms with Gasteiger partial charge in [0.2, 0.25) is 0 Å². The first-order valence-corrected chi connectivity index (χ1v) is 6.10. The highest BCUT2D eigenvalue weighted by Gasteiger charge is 2.32. The van der Waals surface area contributed by atoms with E-state index >= 15 is 0 Å². The van der Waals surface area contributed by atoms with Crippen molar-refractivity contribution in [3.63, 3.8) is 0 Å². The average Bonchev–Trinajstić information content (AvgIpc) is 2.80. The Balaban J connectivity index is 1.79. The SMILES string of the molecule is OCC1(NCCc2ccccn2)CCCC1. The standard InChI is InChI=1S/C13H20N2O/c16-11-13(7-2-3-8-13)15-10-6-12-5-1-4-9-14-12/h1,4-5,9,15-16H,2-3,6-8,10-11H2. The lowest BCUT2D eigenvalue weighted by molar-refractivity contribution is 0.165. The monoisotopic (exact) mass is 220 g/mol. The van der Waals surface area contributed by atoms with E-state index < -0.39 is 0 Å². The first kappa shape index (κ1) is 11.6. The van der Waals surface area contributed by atoms with Crippen LogP contribution in [0.4, 0.5) is 0 Å². The summed E-state index contributed by atoms with van der Waals surface area (Å²) in [6.07, 6.45) is 7.43. The molecule has 0 aliphatic heterocycles. The van der Waals surface area contributed by atoms with Crippen molar-refractivity contribution in [1.82, 2.24) is 10.3 Å². The summed E-state index contributed by atoms with van der Waals surface area (Å²) in [6, 6.07) is 5.99. The molecule has 1 aromatic heterocycles. The second kappa shape index (κ2) is 5.41. The zero-order chi connectivity index (χ0) is 11.3. The van der Waals surface area contributed by atoms with Crippen LogP contribution in [0, 0.1) is 0 Å². The molecule has 1 saturated carbocycles. The predicted molar refractivity (Wildman–Crippen MR) is 64.2 cm³/mol. The van der Waals surface area contributed by atoms with Gasteiger partial charge in [0.15, 0.2) is 0 Å². The van der Waals surface area contributed by atoms with Gasteiger partial charge in [-0.2, -0.15) is 0 Å². The van der Waals surface area contributed by atoms with Gasteiger partial charge in [-0.1, -0.05) is 18.9 Å². The highest BCUT2D eigenvalue weighted by Crippen LogP contribution is 2.28. The molecule has 1 aromatic rings. The van der Waals surface area contributed by atoms with Crippen LogP contribution < -0.4 is 5.32 Å². The molecule has 1 fully saturated rings. The maximum atomic E-state index is 9.44. The number of aromatic nitrogens is 1. The van der Waals surface area contributed by atoms with Crippen LogP contribution in [0.25, 0.3) is 0 Å². The summed E-state index contributed by atoms with van der Waals surface area (Å²) in [5.74, 6) is 0. The second-order valence-electron chi connectivity index (χ2n) is 4.64. The zero-order valence-electron chi connectivity index (χ0n) is 9.65. The molecule has 2 rings (SSSR count). The normalized spacial score (nSPS) is 18.8. The van der Waals surface area contributed by atoms with Crippen LogP contribution in [0.1, 0.15) is 31.4 Å². The molecule has 0 amide bonds. The fourth-order valence-electron chi connectivity index (χ4n) is 2.44. The second-order valence-corrected chi connectivity index (χ2v) is 4.64. The summed E-state index contributed by atoms with van der Waals surface area (Å²) in [5.41, 5.74) is 1.11. The molecular formula is C13H20N2O. The van der Waals surface area contributed by atoms with Crippen molar-refractivity contribution < 1.29 is 5.11 Å². The van der Waals surface area contributed by atoms with Crippen molar-refractivity contribution in [2.24, 2.45) is 0 Å². The molecule has 0 bridgehead atoms. The van der Waals surface area contributed by atoms with E-state index in [1.807, 2.05) is 24.4 Å². The zero-order valence-corrected chi connectivity index (χ0v) is 9.65. The molecule has 0 aromatic carbocycles. The molecule has 88 valence electrons. The number of pyridine rings is 1. The third-order valence-electron chi connectivity index (χ3n) is 3.47. The maximum absolute atomic E-state index is 9.44. The van der Waals surface area contributed by atoms with E-state index in [0.717, 1.165) is 31.5 Å². The summed E-state index contributed by atoms with van der Waals surface area (Å²) >= 11 is 0. The van der Waals surface area contributed by atoms with Crippen LogP contribution in [0.15, 0.2) is 24.4 Å². The highest BCUT2D eigenvalue weighted by atomic mass is 16.3. The maximum Gasteiger partial charge on any atom is 0.0613 e. The van der Waals surface area contributed by atoms with E-state index in [4.69, 9.17) is 0 Å².